The molecule has 1 N–H and O–H groups in total. The first kappa shape index (κ1) is 15.9. The smallest absolute Gasteiger partial charge is 0.312 e. The van der Waals surface area contributed by atoms with Gasteiger partial charge in [0.2, 0.25) is 0 Å². The van der Waals surface area contributed by atoms with E-state index in [1.807, 2.05) is 13.0 Å². The van der Waals surface area contributed by atoms with Gasteiger partial charge in [-0.05, 0) is 31.0 Å². The summed E-state index contributed by atoms with van der Waals surface area (Å²) in [5.41, 5.74) is 2.14. The molecule has 4 atom stereocenters. The molecule has 2 aliphatic rings. The first-order valence-corrected chi connectivity index (χ1v) is 7.84. The van der Waals surface area contributed by atoms with Crippen LogP contribution in [0.25, 0.3) is 0 Å². The zero-order chi connectivity index (χ0) is 16.7. The molecule has 0 aliphatic carbocycles. The number of aliphatic carboxylic acids is 1. The largest absolute Gasteiger partial charge is 0.481 e. The van der Waals surface area contributed by atoms with Gasteiger partial charge < -0.3 is 5.11 Å². The predicted octanol–water partition coefficient (Wildman–Crippen LogP) is 2.55. The van der Waals surface area contributed by atoms with Crippen molar-refractivity contribution in [1.82, 2.24) is 0 Å². The van der Waals surface area contributed by atoms with Crippen molar-refractivity contribution in [3.05, 3.63) is 34.3 Å². The lowest BCUT2D eigenvalue weighted by atomic mass is 9.67. The summed E-state index contributed by atoms with van der Waals surface area (Å²) in [6.07, 6.45) is 1.67. The molecule has 3 rings (SSSR count). The van der Waals surface area contributed by atoms with Gasteiger partial charge in [0.05, 0.1) is 18.5 Å². The summed E-state index contributed by atoms with van der Waals surface area (Å²) in [6, 6.07) is 5.02. The number of rotatable bonds is 2. The van der Waals surface area contributed by atoms with Crippen LogP contribution in [-0.4, -0.2) is 41.4 Å². The second-order valence-corrected chi connectivity index (χ2v) is 6.45. The molecule has 0 bridgehead atoms. The SMILES string of the molecule is CC1=NC2C=NCC(=O)C2C(c2cccc(Cl)c2C)C1C(=O)O. The van der Waals surface area contributed by atoms with Crippen LogP contribution < -0.4 is 0 Å². The number of carboxylic acids is 1. The predicted molar refractivity (Wildman–Crippen MR) is 88.8 cm³/mol. The Bertz CT molecular complexity index is 741. The molecule has 1 aromatic carbocycles. The first-order chi connectivity index (χ1) is 10.9. The molecule has 4 unspecified atom stereocenters. The number of Topliss-reactive ketones (excluding diaryl/α,β-unsaturated/α-hetero) is 1. The second-order valence-electron chi connectivity index (χ2n) is 6.04. The number of carbonyl (C=O) groups excluding carboxylic acids is 1. The zero-order valence-electron chi connectivity index (χ0n) is 12.9. The fraction of sp³-hybridized carbons (Fsp3) is 0.412. The van der Waals surface area contributed by atoms with Gasteiger partial charge in [0.1, 0.15) is 5.92 Å². The van der Waals surface area contributed by atoms with E-state index in [9.17, 15) is 14.7 Å². The van der Waals surface area contributed by atoms with E-state index in [-0.39, 0.29) is 12.3 Å². The van der Waals surface area contributed by atoms with Crippen molar-refractivity contribution in [2.24, 2.45) is 21.8 Å². The fourth-order valence-electron chi connectivity index (χ4n) is 3.64. The van der Waals surface area contributed by atoms with E-state index in [1.54, 1.807) is 25.3 Å². The van der Waals surface area contributed by atoms with Crippen molar-refractivity contribution in [1.29, 1.82) is 0 Å². The highest BCUT2D eigenvalue weighted by Crippen LogP contribution is 2.43. The summed E-state index contributed by atoms with van der Waals surface area (Å²) in [6.45, 7) is 3.64. The van der Waals surface area contributed by atoms with Crippen LogP contribution in [0.4, 0.5) is 0 Å². The van der Waals surface area contributed by atoms with Crippen LogP contribution >= 0.6 is 11.6 Å². The van der Waals surface area contributed by atoms with Crippen molar-refractivity contribution < 1.29 is 14.7 Å². The molecular weight excluding hydrogens is 316 g/mol. The number of ketones is 1. The fourth-order valence-corrected chi connectivity index (χ4v) is 3.82. The highest BCUT2D eigenvalue weighted by Gasteiger charge is 2.48. The lowest BCUT2D eigenvalue weighted by Crippen LogP contribution is -2.48. The maximum absolute atomic E-state index is 12.5. The second kappa shape index (κ2) is 5.89. The van der Waals surface area contributed by atoms with Crippen molar-refractivity contribution in [3.8, 4) is 0 Å². The van der Waals surface area contributed by atoms with Crippen LogP contribution in [0.15, 0.2) is 28.2 Å². The van der Waals surface area contributed by atoms with Crippen LogP contribution in [0.5, 0.6) is 0 Å². The van der Waals surface area contributed by atoms with Crippen molar-refractivity contribution in [3.63, 3.8) is 0 Å². The highest BCUT2D eigenvalue weighted by atomic mass is 35.5. The summed E-state index contributed by atoms with van der Waals surface area (Å²) in [4.78, 5) is 32.8. The normalized spacial score (nSPS) is 29.9. The van der Waals surface area contributed by atoms with E-state index >= 15 is 0 Å². The Labute approximate surface area is 139 Å². The van der Waals surface area contributed by atoms with Gasteiger partial charge in [-0.2, -0.15) is 0 Å². The number of fused-ring (bicyclic) bond motifs is 1. The Kier molecular flexibility index (Phi) is 4.06. The molecule has 1 aromatic rings. The number of halogens is 1. The molecule has 0 saturated carbocycles. The Balaban J connectivity index is 2.21. The van der Waals surface area contributed by atoms with Crippen LogP contribution in [0, 0.1) is 18.8 Å². The van der Waals surface area contributed by atoms with E-state index in [4.69, 9.17) is 11.6 Å². The average molecular weight is 333 g/mol. The third-order valence-corrected chi connectivity index (χ3v) is 5.14. The molecule has 0 spiro atoms. The number of nitrogens with zero attached hydrogens (tertiary/aromatic N) is 2. The Morgan fingerprint density at radius 2 is 2.04 bits per heavy atom. The van der Waals surface area contributed by atoms with Crippen molar-refractivity contribution in [2.45, 2.75) is 25.8 Å². The van der Waals surface area contributed by atoms with Gasteiger partial charge in [0.25, 0.3) is 0 Å². The molecule has 6 heteroatoms. The molecule has 0 fully saturated rings. The molecule has 0 aromatic heterocycles. The average Bonchev–Trinajstić information content (AvgIpc) is 2.48. The minimum absolute atomic E-state index is 0.0654. The van der Waals surface area contributed by atoms with E-state index in [2.05, 4.69) is 9.98 Å². The molecule has 2 aliphatic heterocycles. The minimum atomic E-state index is -0.968. The number of aliphatic imine (C=N–C) groups is 2. The summed E-state index contributed by atoms with van der Waals surface area (Å²) < 4.78 is 0. The Hall–Kier alpha value is -2.01. The van der Waals surface area contributed by atoms with Gasteiger partial charge in [-0.3, -0.25) is 19.6 Å². The van der Waals surface area contributed by atoms with Gasteiger partial charge in [-0.1, -0.05) is 23.7 Å². The number of carbonyl (C=O) groups is 2. The van der Waals surface area contributed by atoms with Gasteiger partial charge in [-0.15, -0.1) is 0 Å². The van der Waals surface area contributed by atoms with E-state index in [0.717, 1.165) is 11.1 Å². The van der Waals surface area contributed by atoms with E-state index < -0.39 is 29.8 Å². The molecule has 2 heterocycles. The third kappa shape index (κ3) is 2.59. The van der Waals surface area contributed by atoms with Gasteiger partial charge in [0.15, 0.2) is 5.78 Å². The molecule has 120 valence electrons. The van der Waals surface area contributed by atoms with E-state index in [0.29, 0.717) is 10.7 Å². The number of benzene rings is 1. The van der Waals surface area contributed by atoms with Crippen molar-refractivity contribution in [2.75, 3.05) is 6.54 Å². The standard InChI is InChI=1S/C17H17ClN2O3/c1-8-10(4-3-5-11(8)18)15-14(17(22)23)9(2)20-12-6-19-7-13(21)16(12)15/h3-6,12,14-16H,7H2,1-2H3,(H,22,23). The quantitative estimate of drug-likeness (QED) is 0.903. The molecular formula is C17H17ClN2O3. The van der Waals surface area contributed by atoms with Crippen LogP contribution in [-0.2, 0) is 9.59 Å². The maximum Gasteiger partial charge on any atom is 0.312 e. The first-order valence-electron chi connectivity index (χ1n) is 7.46. The number of carboxylic acid groups (broad SMARTS) is 1. The Morgan fingerprint density at radius 3 is 2.74 bits per heavy atom. The van der Waals surface area contributed by atoms with E-state index in [1.165, 1.54) is 0 Å². The van der Waals surface area contributed by atoms with Gasteiger partial charge in [0, 0.05) is 22.9 Å². The van der Waals surface area contributed by atoms with Crippen LogP contribution in [0.2, 0.25) is 5.02 Å². The van der Waals surface area contributed by atoms with Crippen LogP contribution in [0.3, 0.4) is 0 Å². The monoisotopic (exact) mass is 332 g/mol. The van der Waals surface area contributed by atoms with Gasteiger partial charge in [-0.25, -0.2) is 0 Å². The van der Waals surface area contributed by atoms with Gasteiger partial charge >= 0.3 is 5.97 Å². The number of hydrogen-bond donors (Lipinski definition) is 1. The summed E-state index contributed by atoms with van der Waals surface area (Å²) in [5.74, 6) is -2.85. The molecule has 0 amide bonds. The summed E-state index contributed by atoms with van der Waals surface area (Å²) >= 11 is 6.22. The number of hydrogen-bond acceptors (Lipinski definition) is 4. The summed E-state index contributed by atoms with van der Waals surface area (Å²) in [7, 11) is 0. The van der Waals surface area contributed by atoms with Crippen LogP contribution in [0.1, 0.15) is 24.0 Å². The lowest BCUT2D eigenvalue weighted by Gasteiger charge is -2.39. The molecule has 23 heavy (non-hydrogen) atoms. The third-order valence-electron chi connectivity index (χ3n) is 4.73. The lowest BCUT2D eigenvalue weighted by molar-refractivity contribution is -0.141. The van der Waals surface area contributed by atoms with Crippen molar-refractivity contribution >= 4 is 35.3 Å². The molecule has 0 saturated heterocycles. The minimum Gasteiger partial charge on any atom is -0.481 e. The Morgan fingerprint density at radius 1 is 1.30 bits per heavy atom. The molecule has 0 radical (unpaired) electrons. The molecule has 5 nitrogen and oxygen atoms in total. The highest BCUT2D eigenvalue weighted by molar-refractivity contribution is 6.31. The maximum atomic E-state index is 12.5. The summed E-state index contributed by atoms with van der Waals surface area (Å²) in [5, 5.41) is 10.3. The topological polar surface area (TPSA) is 79.1 Å². The zero-order valence-corrected chi connectivity index (χ0v) is 13.6.